The second-order valence-electron chi connectivity index (χ2n) is 15.0. The lowest BCUT2D eigenvalue weighted by Crippen LogP contribution is -2.31. The molecule has 0 radical (unpaired) electrons. The lowest BCUT2D eigenvalue weighted by Gasteiger charge is -2.25. The molecule has 8 heterocycles. The number of aliphatic hydroxyl groups excluding tert-OH is 1. The van der Waals surface area contributed by atoms with Crippen molar-refractivity contribution in [2.45, 2.75) is 81.0 Å². The van der Waals surface area contributed by atoms with Gasteiger partial charge in [-0.15, -0.1) is 0 Å². The van der Waals surface area contributed by atoms with Gasteiger partial charge in [0.05, 0.1) is 39.1 Å². The molecule has 0 aliphatic carbocycles. The Labute approximate surface area is 381 Å². The summed E-state index contributed by atoms with van der Waals surface area (Å²) in [7, 11) is -15.1. The average Bonchev–Trinajstić information content (AvgIpc) is 4.10. The van der Waals surface area contributed by atoms with Crippen molar-refractivity contribution in [3.05, 3.63) is 52.1 Å². The molecule has 8 rings (SSSR count). The number of aliphatic hydroxyl groups is 1. The molecule has 5 aromatic heterocycles. The molecule has 67 heavy (non-hydrogen) atoms. The predicted octanol–water partition coefficient (Wildman–Crippen LogP) is -0.356. The highest BCUT2D eigenvalue weighted by Gasteiger charge is 2.48. The zero-order valence-electron chi connectivity index (χ0n) is 34.5. The molecule has 0 aromatic carbocycles. The lowest BCUT2D eigenvalue weighted by atomic mass is 10.2. The van der Waals surface area contributed by atoms with E-state index in [1.807, 2.05) is 0 Å². The molecule has 31 nitrogen and oxygen atoms in total. The fourth-order valence-corrected chi connectivity index (χ4v) is 10.5. The van der Waals surface area contributed by atoms with E-state index in [0.29, 0.717) is 12.2 Å². The van der Waals surface area contributed by atoms with Crippen LogP contribution in [0.1, 0.15) is 44.4 Å². The monoisotopic (exact) mass is 1020 g/mol. The number of anilines is 3. The number of nitrogen functional groups attached to an aromatic ring is 3. The third kappa shape index (κ3) is 11.3. The number of nitrogens with zero attached hydrogens (tertiary/aromatic N) is 9. The van der Waals surface area contributed by atoms with Crippen LogP contribution in [0.2, 0.25) is 0 Å². The average molecular weight is 1020 g/mol. The zero-order chi connectivity index (χ0) is 47.8. The molecule has 0 amide bonds. The van der Waals surface area contributed by atoms with E-state index in [-0.39, 0.29) is 65.8 Å². The van der Waals surface area contributed by atoms with Gasteiger partial charge in [0.1, 0.15) is 73.0 Å². The summed E-state index contributed by atoms with van der Waals surface area (Å²) in [5.74, 6) is 0.0712. The summed E-state index contributed by atoms with van der Waals surface area (Å²) < 4.78 is 93.8. The van der Waals surface area contributed by atoms with Crippen molar-refractivity contribution in [1.82, 2.24) is 48.6 Å². The summed E-state index contributed by atoms with van der Waals surface area (Å²) in [6.07, 6.45) is -6.77. The quantitative estimate of drug-likeness (QED) is 0.0273. The van der Waals surface area contributed by atoms with E-state index >= 15 is 0 Å². The van der Waals surface area contributed by atoms with Crippen molar-refractivity contribution in [1.29, 1.82) is 0 Å². The smallest absolute Gasteiger partial charge is 0.394 e. The molecular formula is C32H44N13O18P3S. The maximum absolute atomic E-state index is 13.7. The predicted molar refractivity (Wildman–Crippen MR) is 228 cm³/mol. The number of phosphoric ester groups is 3. The Bertz CT molecular complexity index is 2850. The molecule has 366 valence electrons. The van der Waals surface area contributed by atoms with Crippen molar-refractivity contribution in [2.75, 3.05) is 49.4 Å². The van der Waals surface area contributed by atoms with Gasteiger partial charge in [0.25, 0.3) is 5.56 Å². The number of thiol groups is 1. The van der Waals surface area contributed by atoms with Gasteiger partial charge in [0.2, 0.25) is 5.95 Å². The SMILES string of the molecule is Nc1ccn([C@H]2CC(OP(=O)(O)OCCCS)[C@@H](COP(=O)(O)OC3C[C@H](n4cnc5c(=O)[nH]c(N)nc54)O[C@@H]3COP(=O)(O)OC3C[C@H](n4cnc5c(N)ncnc54)O[C@@H]3CO)O2)c(=O)n1. The highest BCUT2D eigenvalue weighted by Crippen LogP contribution is 2.53. The number of hydrogen-bond donors (Lipinski definition) is 9. The van der Waals surface area contributed by atoms with Crippen LogP contribution < -0.4 is 28.5 Å². The molecule has 3 aliphatic rings. The van der Waals surface area contributed by atoms with Crippen LogP contribution in [0.25, 0.3) is 22.3 Å². The number of nitrogens with two attached hydrogens (primary N) is 3. The van der Waals surface area contributed by atoms with Gasteiger partial charge in [0, 0.05) is 25.5 Å². The van der Waals surface area contributed by atoms with E-state index in [4.69, 9.17) is 58.6 Å². The van der Waals surface area contributed by atoms with Gasteiger partial charge in [-0.05, 0) is 18.2 Å². The summed E-state index contributed by atoms with van der Waals surface area (Å²) in [6, 6.07) is 1.30. The van der Waals surface area contributed by atoms with Crippen molar-refractivity contribution < 1.29 is 74.8 Å². The molecule has 0 saturated carbocycles. The maximum Gasteiger partial charge on any atom is 0.472 e. The summed E-state index contributed by atoms with van der Waals surface area (Å²) >= 11 is 4.04. The number of hydrogen-bond acceptors (Lipinski definition) is 25. The third-order valence-corrected chi connectivity index (χ3v) is 13.9. The first-order valence-electron chi connectivity index (χ1n) is 20.0. The molecule has 5 aromatic rings. The third-order valence-electron chi connectivity index (χ3n) is 10.5. The Morgan fingerprint density at radius 3 is 1.85 bits per heavy atom. The van der Waals surface area contributed by atoms with Gasteiger partial charge in [-0.2, -0.15) is 22.6 Å². The van der Waals surface area contributed by atoms with Crippen LogP contribution in [-0.4, -0.2) is 137 Å². The number of aromatic amines is 1. The minimum atomic E-state index is -5.25. The highest BCUT2D eigenvalue weighted by atomic mass is 32.1. The summed E-state index contributed by atoms with van der Waals surface area (Å²) in [6.45, 7) is -2.52. The largest absolute Gasteiger partial charge is 0.472 e. The van der Waals surface area contributed by atoms with Crippen molar-refractivity contribution >= 4 is 76.0 Å². The summed E-state index contributed by atoms with van der Waals surface area (Å²) in [5, 5.41) is 10.1. The number of ether oxygens (including phenoxy) is 3. The minimum absolute atomic E-state index is 0.0537. The second kappa shape index (κ2) is 20.0. The van der Waals surface area contributed by atoms with Gasteiger partial charge in [-0.25, -0.2) is 38.4 Å². The number of nitrogens with one attached hydrogen (secondary N) is 1. The Morgan fingerprint density at radius 2 is 1.27 bits per heavy atom. The molecule has 11 N–H and O–H groups in total. The fraction of sp³-hybridized carbons (Fsp3) is 0.562. The number of aromatic nitrogens is 10. The van der Waals surface area contributed by atoms with Crippen LogP contribution in [-0.2, 0) is 55.0 Å². The second-order valence-corrected chi connectivity index (χ2v) is 19.7. The van der Waals surface area contributed by atoms with Crippen molar-refractivity contribution in [2.24, 2.45) is 0 Å². The summed E-state index contributed by atoms with van der Waals surface area (Å²) in [5.41, 5.74) is 16.1. The molecule has 0 bridgehead atoms. The van der Waals surface area contributed by atoms with E-state index in [1.54, 1.807) is 0 Å². The Balaban J connectivity index is 0.979. The number of rotatable bonds is 20. The summed E-state index contributed by atoms with van der Waals surface area (Å²) in [4.78, 5) is 84.1. The fourth-order valence-electron chi connectivity index (χ4n) is 7.47. The number of imidazole rings is 2. The van der Waals surface area contributed by atoms with Gasteiger partial charge in [0.15, 0.2) is 22.6 Å². The van der Waals surface area contributed by atoms with Crippen LogP contribution in [0, 0.1) is 0 Å². The van der Waals surface area contributed by atoms with E-state index in [1.165, 1.54) is 40.4 Å². The van der Waals surface area contributed by atoms with Crippen LogP contribution in [0.15, 0.2) is 40.8 Å². The molecule has 3 saturated heterocycles. The zero-order valence-corrected chi connectivity index (χ0v) is 38.1. The van der Waals surface area contributed by atoms with Crippen LogP contribution in [0.4, 0.5) is 17.6 Å². The Hall–Kier alpha value is -4.30. The molecule has 35 heteroatoms. The molecular weight excluding hydrogens is 979 g/mol. The lowest BCUT2D eigenvalue weighted by molar-refractivity contribution is -0.0605. The van der Waals surface area contributed by atoms with E-state index in [9.17, 15) is 43.1 Å². The first kappa shape index (κ1) is 49.1. The van der Waals surface area contributed by atoms with E-state index < -0.39 is 110 Å². The first-order chi connectivity index (χ1) is 31.8. The van der Waals surface area contributed by atoms with E-state index in [2.05, 4.69) is 47.5 Å². The van der Waals surface area contributed by atoms with Gasteiger partial charge < -0.3 is 51.2 Å². The minimum Gasteiger partial charge on any atom is -0.394 e. The van der Waals surface area contributed by atoms with Gasteiger partial charge in [-0.1, -0.05) is 0 Å². The normalized spacial score (nSPS) is 28.2. The van der Waals surface area contributed by atoms with Crippen LogP contribution >= 0.6 is 36.1 Å². The van der Waals surface area contributed by atoms with Gasteiger partial charge >= 0.3 is 29.2 Å². The molecule has 3 fully saturated rings. The first-order valence-corrected chi connectivity index (χ1v) is 25.1. The Kier molecular flexibility index (Phi) is 14.6. The van der Waals surface area contributed by atoms with Crippen LogP contribution in [0.5, 0.6) is 0 Å². The Morgan fingerprint density at radius 1 is 0.731 bits per heavy atom. The van der Waals surface area contributed by atoms with Crippen molar-refractivity contribution in [3.8, 4) is 0 Å². The topological polar surface area (TPSA) is 435 Å². The van der Waals surface area contributed by atoms with E-state index in [0.717, 1.165) is 4.57 Å². The molecule has 0 spiro atoms. The standard InChI is InChI=1S/C32H44N13O18P3S/c33-21-2-3-43(32(48)40-21)22-7-16(62-64(49,50)55-4-1-5-67)19(59-22)10-57-66(53,54)63-17-8-24(45-14-39-26-29(45)41-31(35)42-30(26)47)60-20(17)11-56-65(51,52)61-15-6-23(58-18(15)9-46)44-13-38-25-27(34)36-12-37-28(25)44/h2-3,12-20,22-24,46,67H,1,4-11H2,(H,49,50)(H,51,52)(H,53,54)(H2,33,40,48)(H2,34,36,37)(H3,35,41,42,47)/t15?,16?,17?,18-,19-,20-,22-,23-,24-/m1/s1. The number of phosphoric acid groups is 3. The number of fused-ring (bicyclic) bond motifs is 2. The number of H-pyrrole nitrogens is 1. The van der Waals surface area contributed by atoms with Crippen LogP contribution in [0.3, 0.4) is 0 Å². The molecule has 3 aliphatic heterocycles. The van der Waals surface area contributed by atoms with Crippen molar-refractivity contribution in [3.63, 3.8) is 0 Å². The molecule has 12 atom stereocenters. The highest BCUT2D eigenvalue weighted by molar-refractivity contribution is 7.80. The molecule has 6 unspecified atom stereocenters. The maximum atomic E-state index is 13.7. The van der Waals surface area contributed by atoms with Gasteiger partial charge in [-0.3, -0.25) is 50.6 Å².